The van der Waals surface area contributed by atoms with Crippen molar-refractivity contribution < 1.29 is 33.4 Å². The average molecular weight is 431 g/mol. The van der Waals surface area contributed by atoms with Crippen LogP contribution in [0.15, 0.2) is 42.5 Å². The van der Waals surface area contributed by atoms with Gasteiger partial charge in [-0.25, -0.2) is 4.39 Å². The number of ketones is 1. The average Bonchev–Trinajstić information content (AvgIpc) is 2.75. The van der Waals surface area contributed by atoms with Gasteiger partial charge in [-0.2, -0.15) is 0 Å². The van der Waals surface area contributed by atoms with Crippen LogP contribution >= 0.6 is 0 Å². The Morgan fingerprint density at radius 2 is 1.77 bits per heavy atom. The number of methoxy groups -OCH3 is 1. The molecule has 0 aromatic heterocycles. The summed E-state index contributed by atoms with van der Waals surface area (Å²) in [5, 5.41) is 11.9. The molecule has 0 aliphatic carbocycles. The molecule has 2 aromatic rings. The van der Waals surface area contributed by atoms with Crippen LogP contribution in [-0.4, -0.2) is 36.5 Å². The van der Waals surface area contributed by atoms with Crippen LogP contribution < -0.4 is 14.8 Å². The number of carbonyl (C=O) groups is 3. The van der Waals surface area contributed by atoms with E-state index in [0.717, 1.165) is 6.42 Å². The minimum atomic E-state index is -1.09. The molecule has 8 heteroatoms. The Hall–Kier alpha value is -3.42. The molecule has 0 fully saturated rings. The predicted molar refractivity (Wildman–Crippen MR) is 112 cm³/mol. The second-order valence-corrected chi connectivity index (χ2v) is 6.91. The zero-order valence-corrected chi connectivity index (χ0v) is 17.5. The number of benzene rings is 2. The molecule has 31 heavy (non-hydrogen) atoms. The Morgan fingerprint density at radius 3 is 2.39 bits per heavy atom. The van der Waals surface area contributed by atoms with Gasteiger partial charge in [-0.3, -0.25) is 14.4 Å². The molecule has 0 saturated heterocycles. The molecule has 0 spiro atoms. The maximum Gasteiger partial charge on any atom is 0.305 e. The Bertz CT molecular complexity index is 913. The number of nitrogens with one attached hydrogen (secondary N) is 1. The van der Waals surface area contributed by atoms with Crippen molar-refractivity contribution in [1.82, 2.24) is 5.32 Å². The lowest BCUT2D eigenvalue weighted by Crippen LogP contribution is -2.30. The first-order valence-corrected chi connectivity index (χ1v) is 9.94. The third-order valence-electron chi connectivity index (χ3n) is 4.51. The molecule has 7 nitrogen and oxygen atoms in total. The SMILES string of the molecule is CCCOc1ccc(C(CC(=O)O)NC(=O)CCC(=O)c2ccc(F)cc2)cc1OC. The minimum Gasteiger partial charge on any atom is -0.493 e. The van der Waals surface area contributed by atoms with E-state index in [9.17, 15) is 23.9 Å². The van der Waals surface area contributed by atoms with E-state index in [2.05, 4.69) is 5.32 Å². The number of hydrogen-bond acceptors (Lipinski definition) is 5. The molecule has 2 N–H and O–H groups in total. The number of halogens is 1. The van der Waals surface area contributed by atoms with Crippen molar-refractivity contribution in [2.24, 2.45) is 0 Å². The summed E-state index contributed by atoms with van der Waals surface area (Å²) in [6.45, 7) is 2.48. The highest BCUT2D eigenvalue weighted by atomic mass is 19.1. The minimum absolute atomic E-state index is 0.0790. The molecule has 1 unspecified atom stereocenters. The zero-order chi connectivity index (χ0) is 22.8. The first-order valence-electron chi connectivity index (χ1n) is 9.94. The summed E-state index contributed by atoms with van der Waals surface area (Å²) in [5.74, 6) is -1.35. The van der Waals surface area contributed by atoms with Crippen LogP contribution in [-0.2, 0) is 9.59 Å². The zero-order valence-electron chi connectivity index (χ0n) is 17.5. The predicted octanol–water partition coefficient (Wildman–Crippen LogP) is 3.92. The molecule has 2 rings (SSSR count). The number of Topliss-reactive ketones (excluding diaryl/α,β-unsaturated/α-hetero) is 1. The number of carboxylic acids is 1. The van der Waals surface area contributed by atoms with Crippen LogP contribution in [0.5, 0.6) is 11.5 Å². The van der Waals surface area contributed by atoms with Crippen LogP contribution in [0.4, 0.5) is 4.39 Å². The Balaban J connectivity index is 2.06. The smallest absolute Gasteiger partial charge is 0.305 e. The first-order chi connectivity index (χ1) is 14.8. The summed E-state index contributed by atoms with van der Waals surface area (Å²) in [4.78, 5) is 35.9. The van der Waals surface area contributed by atoms with Gasteiger partial charge in [0.2, 0.25) is 5.91 Å². The number of hydrogen-bond donors (Lipinski definition) is 2. The van der Waals surface area contributed by atoms with Gasteiger partial charge in [-0.15, -0.1) is 0 Å². The third-order valence-corrected chi connectivity index (χ3v) is 4.51. The topological polar surface area (TPSA) is 102 Å². The van der Waals surface area contributed by atoms with Gasteiger partial charge in [0, 0.05) is 18.4 Å². The number of carboxylic acid groups (broad SMARTS) is 1. The van der Waals surface area contributed by atoms with Crippen molar-refractivity contribution in [3.8, 4) is 11.5 Å². The van der Waals surface area contributed by atoms with Crippen molar-refractivity contribution in [3.05, 3.63) is 59.4 Å². The molecule has 0 heterocycles. The molecule has 1 amide bonds. The molecule has 0 aliphatic heterocycles. The standard InChI is InChI=1S/C23H26FNO6/c1-3-12-31-20-10-6-16(13-21(20)30-2)18(14-23(28)29)25-22(27)11-9-19(26)15-4-7-17(24)8-5-15/h4-8,10,13,18H,3,9,11-12,14H2,1-2H3,(H,25,27)(H,28,29). The van der Waals surface area contributed by atoms with Crippen LogP contribution in [0.25, 0.3) is 0 Å². The lowest BCUT2D eigenvalue weighted by atomic mass is 10.0. The van der Waals surface area contributed by atoms with Crippen molar-refractivity contribution in [1.29, 1.82) is 0 Å². The first kappa shape index (κ1) is 23.9. The van der Waals surface area contributed by atoms with E-state index in [0.29, 0.717) is 29.2 Å². The molecular weight excluding hydrogens is 405 g/mol. The third kappa shape index (κ3) is 7.40. The molecule has 1 atom stereocenters. The van der Waals surface area contributed by atoms with Crippen LogP contribution in [0.1, 0.15) is 54.6 Å². The van der Waals surface area contributed by atoms with E-state index in [1.54, 1.807) is 18.2 Å². The number of carbonyl (C=O) groups excluding carboxylic acids is 2. The van der Waals surface area contributed by atoms with Gasteiger partial charge in [0.15, 0.2) is 17.3 Å². The summed E-state index contributed by atoms with van der Waals surface area (Å²) >= 11 is 0. The molecule has 0 saturated carbocycles. The molecule has 0 bridgehead atoms. The van der Waals surface area contributed by atoms with Gasteiger partial charge in [0.25, 0.3) is 0 Å². The van der Waals surface area contributed by atoms with E-state index in [1.807, 2.05) is 6.92 Å². The van der Waals surface area contributed by atoms with Crippen molar-refractivity contribution in [3.63, 3.8) is 0 Å². The summed E-state index contributed by atoms with van der Waals surface area (Å²) in [6.07, 6.45) is 0.279. The molecule has 0 radical (unpaired) electrons. The Morgan fingerprint density at radius 1 is 1.06 bits per heavy atom. The van der Waals surface area contributed by atoms with E-state index in [4.69, 9.17) is 9.47 Å². The summed E-state index contributed by atoms with van der Waals surface area (Å²) in [6, 6.07) is 9.24. The second kappa shape index (κ2) is 11.7. The van der Waals surface area contributed by atoms with Gasteiger partial charge < -0.3 is 19.9 Å². The largest absolute Gasteiger partial charge is 0.493 e. The molecule has 166 valence electrons. The quantitative estimate of drug-likeness (QED) is 0.494. The van der Waals surface area contributed by atoms with Gasteiger partial charge in [-0.1, -0.05) is 13.0 Å². The van der Waals surface area contributed by atoms with Gasteiger partial charge in [-0.05, 0) is 48.4 Å². The summed E-state index contributed by atoms with van der Waals surface area (Å²) < 4.78 is 23.9. The Labute approximate surface area is 180 Å². The van der Waals surface area contributed by atoms with E-state index in [-0.39, 0.29) is 25.0 Å². The lowest BCUT2D eigenvalue weighted by Gasteiger charge is -2.19. The van der Waals surface area contributed by atoms with Crippen LogP contribution in [0.2, 0.25) is 0 Å². The number of rotatable bonds is 12. The fourth-order valence-corrected chi connectivity index (χ4v) is 2.93. The fourth-order valence-electron chi connectivity index (χ4n) is 2.93. The highest BCUT2D eigenvalue weighted by Gasteiger charge is 2.20. The van der Waals surface area contributed by atoms with Crippen molar-refractivity contribution in [2.75, 3.05) is 13.7 Å². The Kier molecular flexibility index (Phi) is 8.99. The maximum absolute atomic E-state index is 13.0. The molecule has 0 aliphatic rings. The second-order valence-electron chi connectivity index (χ2n) is 6.91. The number of amides is 1. The molecule has 2 aromatic carbocycles. The maximum atomic E-state index is 13.0. The number of aliphatic carboxylic acids is 1. The van der Waals surface area contributed by atoms with Crippen LogP contribution in [0, 0.1) is 5.82 Å². The van der Waals surface area contributed by atoms with Gasteiger partial charge in [0.05, 0.1) is 26.2 Å². The van der Waals surface area contributed by atoms with Gasteiger partial charge in [0.1, 0.15) is 5.82 Å². The highest BCUT2D eigenvalue weighted by molar-refractivity contribution is 5.98. The highest BCUT2D eigenvalue weighted by Crippen LogP contribution is 2.31. The van der Waals surface area contributed by atoms with E-state index in [1.165, 1.54) is 31.4 Å². The number of ether oxygens (including phenoxy) is 2. The van der Waals surface area contributed by atoms with E-state index < -0.39 is 23.7 Å². The lowest BCUT2D eigenvalue weighted by molar-refractivity contribution is -0.137. The summed E-state index contributed by atoms with van der Waals surface area (Å²) in [7, 11) is 1.48. The fraction of sp³-hybridized carbons (Fsp3) is 0.348. The van der Waals surface area contributed by atoms with Crippen molar-refractivity contribution in [2.45, 2.75) is 38.6 Å². The van der Waals surface area contributed by atoms with E-state index >= 15 is 0 Å². The monoisotopic (exact) mass is 431 g/mol. The van der Waals surface area contributed by atoms with Gasteiger partial charge >= 0.3 is 5.97 Å². The normalized spacial score (nSPS) is 11.5. The summed E-state index contributed by atoms with van der Waals surface area (Å²) in [5.41, 5.74) is 0.852. The molecular formula is C23H26FNO6. The van der Waals surface area contributed by atoms with Crippen LogP contribution in [0.3, 0.4) is 0 Å². The van der Waals surface area contributed by atoms with Crippen molar-refractivity contribution >= 4 is 17.7 Å².